The Morgan fingerprint density at radius 3 is 2.69 bits per heavy atom. The Bertz CT molecular complexity index is 1120. The number of primary amides is 1. The summed E-state index contributed by atoms with van der Waals surface area (Å²) in [6.07, 6.45) is -1.09. The molecule has 9 nitrogen and oxygen atoms in total. The number of amides is 1. The number of carbonyl (C=O) groups is 1. The zero-order chi connectivity index (χ0) is 23.3. The van der Waals surface area contributed by atoms with Crippen LogP contribution in [0.1, 0.15) is 12.8 Å². The average Bonchev–Trinajstić information content (AvgIpc) is 2.73. The third kappa shape index (κ3) is 5.94. The number of rotatable bonds is 10. The molecule has 0 aliphatic rings. The molecule has 0 spiro atoms. The van der Waals surface area contributed by atoms with Crippen molar-refractivity contribution in [2.45, 2.75) is 25.0 Å². The molecule has 3 aromatic rings. The smallest absolute Gasteiger partial charge is 0.220 e. The van der Waals surface area contributed by atoms with Crippen molar-refractivity contribution >= 4 is 39.9 Å². The first kappa shape index (κ1) is 23.5. The van der Waals surface area contributed by atoms with Crippen LogP contribution in [0.25, 0.3) is 10.9 Å². The highest BCUT2D eigenvalue weighted by atomic mass is 35.5. The van der Waals surface area contributed by atoms with E-state index in [0.717, 1.165) is 0 Å². The standard InChI is InChI=1S/C21H22ClFN4O5/c1-31-18-8-17-14(7-19(18)32-9-13(29)5-12(28)6-20(24)30)21(26-10-25-17)27-11-2-3-16(23)15(22)4-11/h2-4,7-8,10,12-13,28-29H,5-6,9H2,1H3,(H2,24,30)(H,25,26,27). The molecular weight excluding hydrogens is 443 g/mol. The summed E-state index contributed by atoms with van der Waals surface area (Å²) in [4.78, 5) is 19.3. The van der Waals surface area contributed by atoms with Gasteiger partial charge in [-0.25, -0.2) is 14.4 Å². The van der Waals surface area contributed by atoms with Crippen molar-refractivity contribution in [3.63, 3.8) is 0 Å². The van der Waals surface area contributed by atoms with Gasteiger partial charge in [0.05, 0.1) is 36.3 Å². The second-order valence-corrected chi connectivity index (χ2v) is 7.43. The molecule has 1 heterocycles. The van der Waals surface area contributed by atoms with Gasteiger partial charge in [-0.2, -0.15) is 0 Å². The maximum atomic E-state index is 13.4. The summed E-state index contributed by atoms with van der Waals surface area (Å²) in [5, 5.41) is 23.5. The number of aliphatic hydroxyl groups is 2. The maximum Gasteiger partial charge on any atom is 0.220 e. The Morgan fingerprint density at radius 1 is 1.22 bits per heavy atom. The summed E-state index contributed by atoms with van der Waals surface area (Å²) in [5.74, 6) is -0.105. The molecule has 0 fully saturated rings. The van der Waals surface area contributed by atoms with Gasteiger partial charge < -0.3 is 30.7 Å². The predicted molar refractivity (Wildman–Crippen MR) is 117 cm³/mol. The second-order valence-electron chi connectivity index (χ2n) is 7.02. The van der Waals surface area contributed by atoms with E-state index in [0.29, 0.717) is 33.9 Å². The van der Waals surface area contributed by atoms with Crippen molar-refractivity contribution in [3.05, 3.63) is 47.5 Å². The number of nitrogens with two attached hydrogens (primary N) is 1. The van der Waals surface area contributed by atoms with Crippen LogP contribution in [0.4, 0.5) is 15.9 Å². The number of benzene rings is 2. The van der Waals surface area contributed by atoms with E-state index in [1.165, 1.54) is 31.6 Å². The van der Waals surface area contributed by atoms with Gasteiger partial charge >= 0.3 is 0 Å². The summed E-state index contributed by atoms with van der Waals surface area (Å²) < 4.78 is 24.5. The minimum atomic E-state index is -1.07. The summed E-state index contributed by atoms with van der Waals surface area (Å²) in [7, 11) is 1.46. The Hall–Kier alpha value is -3.21. The van der Waals surface area contributed by atoms with Gasteiger partial charge in [0.2, 0.25) is 5.91 Å². The zero-order valence-electron chi connectivity index (χ0n) is 17.1. The third-order valence-corrected chi connectivity index (χ3v) is 4.80. The molecule has 3 rings (SSSR count). The van der Waals surface area contributed by atoms with Gasteiger partial charge in [0, 0.05) is 23.6 Å². The van der Waals surface area contributed by atoms with Crippen LogP contribution in [-0.4, -0.2) is 52.0 Å². The molecule has 11 heteroatoms. The van der Waals surface area contributed by atoms with Gasteiger partial charge in [0.25, 0.3) is 0 Å². The Labute approximate surface area is 187 Å². The highest BCUT2D eigenvalue weighted by Gasteiger charge is 2.17. The van der Waals surface area contributed by atoms with E-state index in [-0.39, 0.29) is 24.5 Å². The number of aliphatic hydroxyl groups excluding tert-OH is 2. The Morgan fingerprint density at radius 2 is 2.00 bits per heavy atom. The monoisotopic (exact) mass is 464 g/mol. The van der Waals surface area contributed by atoms with Gasteiger partial charge in [-0.05, 0) is 24.3 Å². The molecule has 0 saturated carbocycles. The van der Waals surface area contributed by atoms with E-state index in [1.54, 1.807) is 12.1 Å². The molecule has 0 bridgehead atoms. The number of anilines is 2. The highest BCUT2D eigenvalue weighted by Crippen LogP contribution is 2.35. The lowest BCUT2D eigenvalue weighted by atomic mass is 10.1. The van der Waals surface area contributed by atoms with Crippen molar-refractivity contribution in [1.29, 1.82) is 0 Å². The zero-order valence-corrected chi connectivity index (χ0v) is 17.8. The molecule has 0 aliphatic heterocycles. The van der Waals surface area contributed by atoms with Gasteiger partial charge in [0.1, 0.15) is 24.6 Å². The topological polar surface area (TPSA) is 140 Å². The first-order valence-corrected chi connectivity index (χ1v) is 9.96. The largest absolute Gasteiger partial charge is 0.493 e. The molecule has 2 unspecified atom stereocenters. The van der Waals surface area contributed by atoms with Gasteiger partial charge in [-0.3, -0.25) is 4.79 Å². The molecule has 32 heavy (non-hydrogen) atoms. The van der Waals surface area contributed by atoms with Crippen LogP contribution in [0.5, 0.6) is 11.5 Å². The van der Waals surface area contributed by atoms with E-state index >= 15 is 0 Å². The SMILES string of the molecule is COc1cc2ncnc(Nc3ccc(F)c(Cl)c3)c2cc1OCC(O)CC(O)CC(N)=O. The van der Waals surface area contributed by atoms with Gasteiger partial charge in [-0.15, -0.1) is 0 Å². The molecule has 2 aromatic carbocycles. The van der Waals surface area contributed by atoms with Crippen LogP contribution in [-0.2, 0) is 4.79 Å². The van der Waals surface area contributed by atoms with E-state index in [1.807, 2.05) is 0 Å². The van der Waals surface area contributed by atoms with Crippen molar-refractivity contribution in [2.75, 3.05) is 19.0 Å². The number of halogens is 2. The number of aromatic nitrogens is 2. The van der Waals surface area contributed by atoms with Crippen LogP contribution >= 0.6 is 11.6 Å². The quantitative estimate of drug-likeness (QED) is 0.359. The van der Waals surface area contributed by atoms with Crippen molar-refractivity contribution in [3.8, 4) is 11.5 Å². The average molecular weight is 465 g/mol. The maximum absolute atomic E-state index is 13.4. The molecule has 0 radical (unpaired) electrons. The second kappa shape index (κ2) is 10.4. The molecule has 1 amide bonds. The Balaban J connectivity index is 1.82. The summed E-state index contributed by atoms with van der Waals surface area (Å²) >= 11 is 5.85. The molecular formula is C21H22ClFN4O5. The van der Waals surface area contributed by atoms with Crippen molar-refractivity contribution in [1.82, 2.24) is 9.97 Å². The van der Waals surface area contributed by atoms with Crippen molar-refractivity contribution in [2.24, 2.45) is 5.73 Å². The normalized spacial score (nSPS) is 12.9. The number of hydrogen-bond acceptors (Lipinski definition) is 8. The number of nitrogens with one attached hydrogen (secondary N) is 1. The molecule has 0 saturated heterocycles. The minimum Gasteiger partial charge on any atom is -0.493 e. The number of ether oxygens (including phenoxy) is 2. The van der Waals surface area contributed by atoms with E-state index in [4.69, 9.17) is 26.8 Å². The molecule has 2 atom stereocenters. The fourth-order valence-electron chi connectivity index (χ4n) is 3.03. The fraction of sp³-hybridized carbons (Fsp3) is 0.286. The molecule has 0 aliphatic carbocycles. The number of fused-ring (bicyclic) bond motifs is 1. The van der Waals surface area contributed by atoms with E-state index in [2.05, 4.69) is 15.3 Å². The van der Waals surface area contributed by atoms with Gasteiger partial charge in [0.15, 0.2) is 11.5 Å². The molecule has 1 aromatic heterocycles. The van der Waals surface area contributed by atoms with Crippen LogP contribution < -0.4 is 20.5 Å². The highest BCUT2D eigenvalue weighted by molar-refractivity contribution is 6.31. The van der Waals surface area contributed by atoms with E-state index < -0.39 is 23.9 Å². The van der Waals surface area contributed by atoms with E-state index in [9.17, 15) is 19.4 Å². The van der Waals surface area contributed by atoms with Crippen molar-refractivity contribution < 1.29 is 28.9 Å². The Kier molecular flexibility index (Phi) is 7.62. The first-order valence-electron chi connectivity index (χ1n) is 9.59. The number of hydrogen-bond donors (Lipinski definition) is 4. The summed E-state index contributed by atoms with van der Waals surface area (Å²) in [6.45, 7) is -0.165. The number of carbonyl (C=O) groups excluding carboxylic acids is 1. The summed E-state index contributed by atoms with van der Waals surface area (Å²) in [5.41, 5.74) is 6.11. The predicted octanol–water partition coefficient (Wildman–Crippen LogP) is 2.54. The lowest BCUT2D eigenvalue weighted by Gasteiger charge is -2.17. The van der Waals surface area contributed by atoms with Crippen LogP contribution in [0.2, 0.25) is 5.02 Å². The van der Waals surface area contributed by atoms with Crippen LogP contribution in [0.15, 0.2) is 36.7 Å². The lowest BCUT2D eigenvalue weighted by molar-refractivity contribution is -0.120. The number of nitrogens with zero attached hydrogens (tertiary/aromatic N) is 2. The first-order chi connectivity index (χ1) is 15.3. The van der Waals surface area contributed by atoms with Gasteiger partial charge in [-0.1, -0.05) is 11.6 Å². The third-order valence-electron chi connectivity index (χ3n) is 4.52. The van der Waals surface area contributed by atoms with Crippen LogP contribution in [0, 0.1) is 5.82 Å². The molecule has 5 N–H and O–H groups in total. The summed E-state index contributed by atoms with van der Waals surface area (Å²) in [6, 6.07) is 7.46. The lowest BCUT2D eigenvalue weighted by Crippen LogP contribution is -2.27. The molecule has 170 valence electrons. The van der Waals surface area contributed by atoms with Crippen LogP contribution in [0.3, 0.4) is 0 Å². The fourth-order valence-corrected chi connectivity index (χ4v) is 3.21. The number of methoxy groups -OCH3 is 1. The minimum absolute atomic E-state index is 0.0356.